The fourth-order valence-electron chi connectivity index (χ4n) is 7.52. The van der Waals surface area contributed by atoms with E-state index in [0.717, 1.165) is 13.1 Å². The lowest BCUT2D eigenvalue weighted by Gasteiger charge is -2.26. The largest absolute Gasteiger partial charge is 0.340 e. The first-order chi connectivity index (χ1) is 22.9. The number of para-hydroxylation sites is 1. The Morgan fingerprint density at radius 2 is 1.26 bits per heavy atom. The van der Waals surface area contributed by atoms with Crippen molar-refractivity contribution in [3.8, 4) is 0 Å². The Hall–Kier alpha value is -5.21. The Morgan fingerprint density at radius 3 is 2.00 bits per heavy atom. The molecule has 0 atom stereocenters. The van der Waals surface area contributed by atoms with Gasteiger partial charge in [0.15, 0.2) is 12.3 Å². The molecule has 0 spiro atoms. The lowest BCUT2D eigenvalue weighted by atomic mass is 9.79. The van der Waals surface area contributed by atoms with Gasteiger partial charge >= 0.3 is 0 Å². The highest BCUT2D eigenvalue weighted by Crippen LogP contribution is 2.48. The van der Waals surface area contributed by atoms with Gasteiger partial charge in [0.1, 0.15) is 0 Å². The molecule has 0 saturated carbocycles. The molecule has 2 aliphatic heterocycles. The van der Waals surface area contributed by atoms with Crippen molar-refractivity contribution in [2.45, 2.75) is 38.5 Å². The molecule has 0 N–H and O–H groups in total. The van der Waals surface area contributed by atoms with Crippen molar-refractivity contribution in [3.63, 3.8) is 0 Å². The molecule has 2 aliphatic rings. The Labute approximate surface area is 280 Å². The van der Waals surface area contributed by atoms with Gasteiger partial charge in [0, 0.05) is 41.1 Å². The van der Waals surface area contributed by atoms with Crippen LogP contribution in [0.25, 0.3) is 22.9 Å². The van der Waals surface area contributed by atoms with Crippen LogP contribution in [0, 0.1) is 0 Å². The molecule has 0 saturated heterocycles. The molecule has 0 radical (unpaired) electrons. The molecule has 232 valence electrons. The van der Waals surface area contributed by atoms with Crippen LogP contribution < -0.4 is 4.90 Å². The van der Waals surface area contributed by atoms with Crippen molar-refractivity contribution in [1.82, 2.24) is 0 Å². The van der Waals surface area contributed by atoms with E-state index in [-0.39, 0.29) is 10.8 Å². The number of benzene rings is 5. The summed E-state index contributed by atoms with van der Waals surface area (Å²) in [6.07, 6.45) is 16.0. The van der Waals surface area contributed by atoms with E-state index in [1.807, 2.05) is 0 Å². The molecule has 47 heavy (non-hydrogen) atoms. The quantitative estimate of drug-likeness (QED) is 0.158. The standard InChI is InChI=1S/C45H43N2/c1-44(2)38-26-13-14-27-39(38)46(32-16-22-34-18-7-5-8-19-34)41(44)28-15-29-42-45(3,4)43-37-25-12-11-24-36(37)30-31-40(43)47(42)33-17-23-35-20-9-6-10-21-35/h5-31H,32-33H2,1-4H3/q+1. The van der Waals surface area contributed by atoms with Gasteiger partial charge in [-0.3, -0.25) is 0 Å². The minimum atomic E-state index is -0.169. The summed E-state index contributed by atoms with van der Waals surface area (Å²) in [4.78, 5) is 2.48. The number of anilines is 1. The van der Waals surface area contributed by atoms with Crippen LogP contribution in [0.3, 0.4) is 0 Å². The van der Waals surface area contributed by atoms with Gasteiger partial charge in [-0.25, -0.2) is 0 Å². The zero-order valence-electron chi connectivity index (χ0n) is 27.9. The van der Waals surface area contributed by atoms with E-state index in [1.54, 1.807) is 0 Å². The molecule has 7 rings (SSSR count). The average molecular weight is 612 g/mol. The molecule has 2 heteroatoms. The number of hydrogen-bond donors (Lipinski definition) is 0. The van der Waals surface area contributed by atoms with Crippen molar-refractivity contribution >= 4 is 40.0 Å². The van der Waals surface area contributed by atoms with E-state index in [9.17, 15) is 0 Å². The van der Waals surface area contributed by atoms with E-state index >= 15 is 0 Å². The van der Waals surface area contributed by atoms with Gasteiger partial charge in [0.05, 0.1) is 5.41 Å². The van der Waals surface area contributed by atoms with Gasteiger partial charge in [-0.1, -0.05) is 141 Å². The summed E-state index contributed by atoms with van der Waals surface area (Å²) < 4.78 is 2.51. The number of nitrogens with zero attached hydrogens (tertiary/aromatic N) is 2. The first-order valence-electron chi connectivity index (χ1n) is 16.7. The zero-order chi connectivity index (χ0) is 32.4. The molecule has 0 aromatic heterocycles. The lowest BCUT2D eigenvalue weighted by molar-refractivity contribution is -0.425. The van der Waals surface area contributed by atoms with Crippen LogP contribution >= 0.6 is 0 Å². The summed E-state index contributed by atoms with van der Waals surface area (Å²) >= 11 is 0. The minimum absolute atomic E-state index is 0.116. The molecule has 0 amide bonds. The number of allylic oxidation sites excluding steroid dienone is 4. The number of rotatable bonds is 8. The van der Waals surface area contributed by atoms with E-state index in [0.29, 0.717) is 0 Å². The number of hydrogen-bond acceptors (Lipinski definition) is 1. The van der Waals surface area contributed by atoms with E-state index in [1.165, 1.54) is 55.8 Å². The fourth-order valence-corrected chi connectivity index (χ4v) is 7.52. The van der Waals surface area contributed by atoms with E-state index < -0.39 is 0 Å². The second kappa shape index (κ2) is 12.5. The molecule has 0 unspecified atom stereocenters. The molecule has 5 aromatic rings. The highest BCUT2D eigenvalue weighted by Gasteiger charge is 2.45. The Bertz CT molecular complexity index is 2070. The molecule has 2 nitrogen and oxygen atoms in total. The molecular formula is C45H43N2+. The van der Waals surface area contributed by atoms with Gasteiger partial charge in [-0.2, -0.15) is 4.58 Å². The van der Waals surface area contributed by atoms with Crippen LogP contribution in [0.4, 0.5) is 11.4 Å². The van der Waals surface area contributed by atoms with Gasteiger partial charge in [0.2, 0.25) is 5.69 Å². The predicted octanol–water partition coefficient (Wildman–Crippen LogP) is 10.9. The second-order valence-electron chi connectivity index (χ2n) is 13.6. The SMILES string of the molecule is CC1(C)C(=CC=CC2=[N+](CC=Cc3ccccc3)c3ccc4ccccc4c3C2(C)C)N(CC=Cc2ccccc2)c2ccccc21. The monoisotopic (exact) mass is 611 g/mol. The molecule has 2 heterocycles. The van der Waals surface area contributed by atoms with Crippen LogP contribution in [-0.2, 0) is 10.8 Å². The topological polar surface area (TPSA) is 6.25 Å². The highest BCUT2D eigenvalue weighted by atomic mass is 15.2. The zero-order valence-corrected chi connectivity index (χ0v) is 27.9. The third-order valence-corrected chi connectivity index (χ3v) is 9.86. The van der Waals surface area contributed by atoms with Gasteiger partial charge < -0.3 is 4.90 Å². The second-order valence-corrected chi connectivity index (χ2v) is 13.6. The lowest BCUT2D eigenvalue weighted by Crippen LogP contribution is -2.28. The van der Waals surface area contributed by atoms with Crippen LogP contribution in [0.2, 0.25) is 0 Å². The van der Waals surface area contributed by atoms with Crippen molar-refractivity contribution < 1.29 is 4.58 Å². The summed E-state index contributed by atoms with van der Waals surface area (Å²) in [5.74, 6) is 0. The van der Waals surface area contributed by atoms with Crippen molar-refractivity contribution in [1.29, 1.82) is 0 Å². The summed E-state index contributed by atoms with van der Waals surface area (Å²) in [5.41, 5.74) is 10.1. The summed E-state index contributed by atoms with van der Waals surface area (Å²) in [6, 6.07) is 43.4. The predicted molar refractivity (Wildman–Crippen MR) is 202 cm³/mol. The molecule has 0 bridgehead atoms. The molecule has 0 fully saturated rings. The van der Waals surface area contributed by atoms with E-state index in [2.05, 4.69) is 201 Å². The van der Waals surface area contributed by atoms with Crippen LogP contribution in [-0.4, -0.2) is 23.4 Å². The van der Waals surface area contributed by atoms with Crippen molar-refractivity contribution in [2.24, 2.45) is 0 Å². The summed E-state index contributed by atoms with van der Waals surface area (Å²) in [7, 11) is 0. The molecular weight excluding hydrogens is 569 g/mol. The Morgan fingerprint density at radius 1 is 0.617 bits per heavy atom. The smallest absolute Gasteiger partial charge is 0.210 e. The molecule has 5 aromatic carbocycles. The Kier molecular flexibility index (Phi) is 8.12. The fraction of sp³-hybridized carbons (Fsp3) is 0.178. The van der Waals surface area contributed by atoms with E-state index in [4.69, 9.17) is 0 Å². The van der Waals surface area contributed by atoms with Gasteiger partial charge in [-0.15, -0.1) is 0 Å². The van der Waals surface area contributed by atoms with Crippen LogP contribution in [0.1, 0.15) is 49.9 Å². The number of fused-ring (bicyclic) bond motifs is 4. The third-order valence-electron chi connectivity index (χ3n) is 9.86. The van der Waals surface area contributed by atoms with Gasteiger partial charge in [-0.05, 0) is 65.6 Å². The minimum Gasteiger partial charge on any atom is -0.340 e. The first-order valence-corrected chi connectivity index (χ1v) is 16.7. The van der Waals surface area contributed by atoms with Crippen molar-refractivity contribution in [2.75, 3.05) is 18.0 Å². The van der Waals surface area contributed by atoms with Crippen LogP contribution in [0.15, 0.2) is 157 Å². The normalized spacial score (nSPS) is 17.5. The van der Waals surface area contributed by atoms with Gasteiger partial charge in [0.25, 0.3) is 0 Å². The maximum absolute atomic E-state index is 2.51. The maximum Gasteiger partial charge on any atom is 0.210 e. The summed E-state index contributed by atoms with van der Waals surface area (Å²) in [6.45, 7) is 11.1. The third kappa shape index (κ3) is 5.70. The molecule has 0 aliphatic carbocycles. The Balaban J connectivity index is 1.28. The summed E-state index contributed by atoms with van der Waals surface area (Å²) in [5, 5.41) is 2.62. The van der Waals surface area contributed by atoms with Crippen molar-refractivity contribution in [3.05, 3.63) is 180 Å². The average Bonchev–Trinajstić information content (AvgIpc) is 3.44. The van der Waals surface area contributed by atoms with Crippen LogP contribution in [0.5, 0.6) is 0 Å². The maximum atomic E-state index is 2.51. The first kappa shape index (κ1) is 30.4. The highest BCUT2D eigenvalue weighted by molar-refractivity contribution is 6.07.